The Balaban J connectivity index is 1.39. The van der Waals surface area contributed by atoms with Crippen molar-refractivity contribution in [1.82, 2.24) is 19.5 Å². The van der Waals surface area contributed by atoms with Crippen LogP contribution in [0, 0.1) is 6.92 Å². The summed E-state index contributed by atoms with van der Waals surface area (Å²) in [5.74, 6) is 0.649. The molecule has 3 heterocycles. The zero-order chi connectivity index (χ0) is 19.7. The van der Waals surface area contributed by atoms with E-state index in [4.69, 9.17) is 4.42 Å². The molecule has 0 radical (unpaired) electrons. The lowest BCUT2D eigenvalue weighted by molar-refractivity contribution is -0.121. The number of benzene rings is 1. The Morgan fingerprint density at radius 1 is 1.25 bits per heavy atom. The molecule has 0 unspecified atom stereocenters. The number of nitrogens with zero attached hydrogens (tertiary/aromatic N) is 3. The molecule has 1 aromatic carbocycles. The zero-order valence-electron chi connectivity index (χ0n) is 15.3. The molecule has 0 aliphatic carbocycles. The molecule has 0 atom stereocenters. The van der Waals surface area contributed by atoms with Crippen LogP contribution in [0.4, 0.5) is 0 Å². The number of carbonyl (C=O) groups is 1. The molecule has 28 heavy (non-hydrogen) atoms. The predicted octanol–water partition coefficient (Wildman–Crippen LogP) is 3.41. The molecule has 4 aromatic rings. The van der Waals surface area contributed by atoms with E-state index < -0.39 is 0 Å². The van der Waals surface area contributed by atoms with Gasteiger partial charge in [-0.15, -0.1) is 0 Å². The minimum absolute atomic E-state index is 0.0500. The summed E-state index contributed by atoms with van der Waals surface area (Å²) >= 11 is 3.42. The lowest BCUT2D eigenvalue weighted by Gasteiger charge is -2.09. The van der Waals surface area contributed by atoms with Crippen molar-refractivity contribution >= 4 is 38.5 Å². The topological polar surface area (TPSA) is 81.5 Å². The van der Waals surface area contributed by atoms with Crippen LogP contribution in [0.15, 0.2) is 56.3 Å². The van der Waals surface area contributed by atoms with Crippen LogP contribution in [0.1, 0.15) is 24.2 Å². The van der Waals surface area contributed by atoms with Crippen LogP contribution in [0.5, 0.6) is 0 Å². The highest BCUT2D eigenvalue weighted by Gasteiger charge is 2.14. The van der Waals surface area contributed by atoms with E-state index in [1.807, 2.05) is 37.3 Å². The monoisotopic (exact) mass is 442 g/mol. The molecule has 0 bridgehead atoms. The second-order valence-electron chi connectivity index (χ2n) is 6.62. The molecule has 0 aliphatic rings. The highest BCUT2D eigenvalue weighted by molar-refractivity contribution is 9.10. The molecule has 1 amide bonds. The number of nitrogens with one attached hydrogen (secondary N) is 1. The number of rotatable bonds is 6. The SMILES string of the molecule is Cc1nn(CCCC(=O)NCc2cccc(Br)c2)c(=O)c2cc3occc3n12. The molecule has 3 aromatic heterocycles. The van der Waals surface area contributed by atoms with Gasteiger partial charge in [0, 0.05) is 36.1 Å². The van der Waals surface area contributed by atoms with Gasteiger partial charge in [0.2, 0.25) is 5.91 Å². The Bertz CT molecular complexity index is 1220. The van der Waals surface area contributed by atoms with Crippen LogP contribution >= 0.6 is 15.9 Å². The van der Waals surface area contributed by atoms with Crippen molar-refractivity contribution in [3.8, 4) is 0 Å². The molecule has 0 saturated carbocycles. The molecule has 144 valence electrons. The molecule has 4 rings (SSSR count). The lowest BCUT2D eigenvalue weighted by atomic mass is 10.2. The first-order chi connectivity index (χ1) is 13.5. The Kier molecular flexibility index (Phi) is 5.04. The summed E-state index contributed by atoms with van der Waals surface area (Å²) < 4.78 is 9.58. The Morgan fingerprint density at radius 2 is 2.11 bits per heavy atom. The van der Waals surface area contributed by atoms with Crippen LogP contribution in [0.3, 0.4) is 0 Å². The maximum atomic E-state index is 12.7. The van der Waals surface area contributed by atoms with Crippen LogP contribution < -0.4 is 10.9 Å². The van der Waals surface area contributed by atoms with Crippen LogP contribution in [0.2, 0.25) is 0 Å². The van der Waals surface area contributed by atoms with E-state index in [0.29, 0.717) is 42.9 Å². The molecule has 0 fully saturated rings. The summed E-state index contributed by atoms with van der Waals surface area (Å²) in [5, 5.41) is 7.29. The van der Waals surface area contributed by atoms with Crippen LogP contribution in [-0.2, 0) is 17.9 Å². The maximum Gasteiger partial charge on any atom is 0.291 e. The summed E-state index contributed by atoms with van der Waals surface area (Å²) in [4.78, 5) is 24.8. The van der Waals surface area contributed by atoms with Gasteiger partial charge in [-0.05, 0) is 31.0 Å². The third-order valence-corrected chi connectivity index (χ3v) is 5.11. The van der Waals surface area contributed by atoms with E-state index in [1.165, 1.54) is 4.68 Å². The van der Waals surface area contributed by atoms with Crippen LogP contribution in [0.25, 0.3) is 16.6 Å². The second kappa shape index (κ2) is 7.63. The first kappa shape index (κ1) is 18.5. The van der Waals surface area contributed by atoms with Gasteiger partial charge in [-0.2, -0.15) is 5.10 Å². The van der Waals surface area contributed by atoms with E-state index in [1.54, 1.807) is 16.7 Å². The van der Waals surface area contributed by atoms with Gasteiger partial charge in [0.25, 0.3) is 5.56 Å². The molecular formula is C20H19BrN4O3. The van der Waals surface area contributed by atoms with Crippen LogP contribution in [-0.4, -0.2) is 20.1 Å². The van der Waals surface area contributed by atoms with Crippen molar-refractivity contribution in [2.75, 3.05) is 0 Å². The lowest BCUT2D eigenvalue weighted by Crippen LogP contribution is -2.27. The number of aryl methyl sites for hydroxylation is 2. The van der Waals surface area contributed by atoms with Crippen molar-refractivity contribution in [1.29, 1.82) is 0 Å². The number of halogens is 1. The van der Waals surface area contributed by atoms with Crippen molar-refractivity contribution in [2.24, 2.45) is 0 Å². The molecule has 8 heteroatoms. The zero-order valence-corrected chi connectivity index (χ0v) is 16.9. The number of amides is 1. The Labute approximate surface area is 169 Å². The third kappa shape index (κ3) is 3.60. The fourth-order valence-corrected chi connectivity index (χ4v) is 3.75. The quantitative estimate of drug-likeness (QED) is 0.495. The summed E-state index contributed by atoms with van der Waals surface area (Å²) in [7, 11) is 0. The van der Waals surface area contributed by atoms with E-state index in [2.05, 4.69) is 26.3 Å². The summed E-state index contributed by atoms with van der Waals surface area (Å²) in [6.45, 7) is 2.71. The molecule has 0 spiro atoms. The van der Waals surface area contributed by atoms with Crippen molar-refractivity contribution in [3.63, 3.8) is 0 Å². The van der Waals surface area contributed by atoms with E-state index in [9.17, 15) is 9.59 Å². The molecule has 0 saturated heterocycles. The first-order valence-corrected chi connectivity index (χ1v) is 9.80. The number of hydrogen-bond donors (Lipinski definition) is 1. The van der Waals surface area contributed by atoms with Crippen molar-refractivity contribution in [2.45, 2.75) is 32.9 Å². The normalized spacial score (nSPS) is 11.4. The van der Waals surface area contributed by atoms with E-state index in [-0.39, 0.29) is 11.5 Å². The Morgan fingerprint density at radius 3 is 2.93 bits per heavy atom. The van der Waals surface area contributed by atoms with Gasteiger partial charge in [0.05, 0.1) is 11.8 Å². The highest BCUT2D eigenvalue weighted by atomic mass is 79.9. The van der Waals surface area contributed by atoms with E-state index >= 15 is 0 Å². The second-order valence-corrected chi connectivity index (χ2v) is 7.54. The number of aromatic nitrogens is 3. The first-order valence-electron chi connectivity index (χ1n) is 9.00. The predicted molar refractivity (Wildman–Crippen MR) is 109 cm³/mol. The Hall–Kier alpha value is -2.87. The average molecular weight is 443 g/mol. The van der Waals surface area contributed by atoms with Gasteiger partial charge >= 0.3 is 0 Å². The minimum atomic E-state index is -0.188. The highest BCUT2D eigenvalue weighted by Crippen LogP contribution is 2.20. The maximum absolute atomic E-state index is 12.7. The number of furan rings is 1. The van der Waals surface area contributed by atoms with Gasteiger partial charge in [-0.3, -0.25) is 14.0 Å². The van der Waals surface area contributed by atoms with Gasteiger partial charge in [0.15, 0.2) is 5.58 Å². The van der Waals surface area contributed by atoms with Gasteiger partial charge in [0.1, 0.15) is 11.3 Å². The molecule has 1 N–H and O–H groups in total. The summed E-state index contributed by atoms with van der Waals surface area (Å²) in [6.07, 6.45) is 2.45. The third-order valence-electron chi connectivity index (χ3n) is 4.62. The standard InChI is InChI=1S/C20H19BrN4O3/c1-13-23-24(20(27)17-11-18-16(25(13)17)7-9-28-18)8-3-6-19(26)22-12-14-4-2-5-15(21)10-14/h2,4-5,7,9-11H,3,6,8,12H2,1H3,(H,22,26). The number of hydrogen-bond acceptors (Lipinski definition) is 4. The van der Waals surface area contributed by atoms with Gasteiger partial charge in [-0.25, -0.2) is 4.68 Å². The van der Waals surface area contributed by atoms with Crippen molar-refractivity contribution < 1.29 is 9.21 Å². The average Bonchev–Trinajstić information content (AvgIpc) is 3.25. The van der Waals surface area contributed by atoms with Gasteiger partial charge in [-0.1, -0.05) is 28.1 Å². The molecular weight excluding hydrogens is 424 g/mol. The summed E-state index contributed by atoms with van der Waals surface area (Å²) in [6, 6.07) is 11.3. The fourth-order valence-electron chi connectivity index (χ4n) is 3.31. The minimum Gasteiger partial charge on any atom is -0.463 e. The fraction of sp³-hybridized carbons (Fsp3) is 0.250. The smallest absolute Gasteiger partial charge is 0.291 e. The van der Waals surface area contributed by atoms with E-state index in [0.717, 1.165) is 15.6 Å². The van der Waals surface area contributed by atoms with Gasteiger partial charge < -0.3 is 9.73 Å². The number of fused-ring (bicyclic) bond motifs is 3. The molecule has 0 aliphatic heterocycles. The largest absolute Gasteiger partial charge is 0.463 e. The summed E-state index contributed by atoms with van der Waals surface area (Å²) in [5.41, 5.74) is 2.86. The number of carbonyl (C=O) groups excluding carboxylic acids is 1. The molecule has 7 nitrogen and oxygen atoms in total. The van der Waals surface area contributed by atoms with Crippen molar-refractivity contribution in [3.05, 3.63) is 68.9 Å².